The number of rotatable bonds is 6. The van der Waals surface area contributed by atoms with Gasteiger partial charge in [-0.15, -0.1) is 0 Å². The lowest BCUT2D eigenvalue weighted by atomic mass is 10.2. The zero-order valence-corrected chi connectivity index (χ0v) is 13.3. The Balaban J connectivity index is 1.47. The topological polar surface area (TPSA) is 55.8 Å². The Hall–Kier alpha value is -2.82. The second kappa shape index (κ2) is 7.64. The molecule has 1 heterocycles. The number of benzene rings is 2. The Morgan fingerprint density at radius 2 is 1.75 bits per heavy atom. The minimum atomic E-state index is -0.397. The summed E-state index contributed by atoms with van der Waals surface area (Å²) in [6.07, 6.45) is 1.47. The summed E-state index contributed by atoms with van der Waals surface area (Å²) in [6, 6.07) is 16.3. The Morgan fingerprint density at radius 1 is 1.00 bits per heavy atom. The molecule has 1 fully saturated rings. The maximum atomic E-state index is 12.0. The molecular weight excluding hydrogens is 306 g/mol. The highest BCUT2D eigenvalue weighted by atomic mass is 16.6. The highest BCUT2D eigenvalue weighted by molar-refractivity contribution is 5.96. The highest BCUT2D eigenvalue weighted by Gasteiger charge is 2.21. The van der Waals surface area contributed by atoms with Crippen LogP contribution in [0.2, 0.25) is 0 Å². The van der Waals surface area contributed by atoms with Crippen molar-refractivity contribution in [2.75, 3.05) is 24.7 Å². The molecule has 24 heavy (non-hydrogen) atoms. The molecule has 0 N–H and O–H groups in total. The predicted octanol–water partition coefficient (Wildman–Crippen LogP) is 3.05. The molecule has 1 aliphatic heterocycles. The molecule has 124 valence electrons. The quantitative estimate of drug-likeness (QED) is 0.605. The van der Waals surface area contributed by atoms with E-state index in [-0.39, 0.29) is 12.5 Å². The molecule has 1 aliphatic rings. The number of nitrogens with zero attached hydrogens (tertiary/aromatic N) is 1. The van der Waals surface area contributed by atoms with Gasteiger partial charge in [-0.2, -0.15) is 0 Å². The molecular formula is C19H19NO4. The van der Waals surface area contributed by atoms with Gasteiger partial charge in [-0.3, -0.25) is 4.79 Å². The monoisotopic (exact) mass is 325 g/mol. The Kier molecular flexibility index (Phi) is 5.11. The molecule has 5 heteroatoms. The first-order valence-corrected chi connectivity index (χ1v) is 7.99. The van der Waals surface area contributed by atoms with Gasteiger partial charge in [-0.25, -0.2) is 4.79 Å². The third-order valence-electron chi connectivity index (χ3n) is 3.82. The average molecular weight is 325 g/mol. The highest BCUT2D eigenvalue weighted by Crippen LogP contribution is 2.21. The Morgan fingerprint density at radius 3 is 2.42 bits per heavy atom. The maximum Gasteiger partial charge on any atom is 0.338 e. The molecule has 0 radical (unpaired) electrons. The molecule has 0 saturated carbocycles. The van der Waals surface area contributed by atoms with Crippen molar-refractivity contribution in [2.24, 2.45) is 0 Å². The molecule has 0 spiro atoms. The van der Waals surface area contributed by atoms with E-state index >= 15 is 0 Å². The number of ether oxygens (including phenoxy) is 2. The van der Waals surface area contributed by atoms with Crippen LogP contribution in [-0.4, -0.2) is 31.6 Å². The second-order valence-electron chi connectivity index (χ2n) is 5.49. The number of carbonyl (C=O) groups is 2. The second-order valence-corrected chi connectivity index (χ2v) is 5.49. The Labute approximate surface area is 140 Å². The van der Waals surface area contributed by atoms with Crippen molar-refractivity contribution in [1.29, 1.82) is 0 Å². The van der Waals surface area contributed by atoms with Crippen molar-refractivity contribution in [3.8, 4) is 5.75 Å². The molecule has 0 bridgehead atoms. The van der Waals surface area contributed by atoms with Crippen LogP contribution in [0.1, 0.15) is 23.2 Å². The fraction of sp³-hybridized carbons (Fsp3) is 0.263. The van der Waals surface area contributed by atoms with Crippen LogP contribution in [0.4, 0.5) is 5.69 Å². The van der Waals surface area contributed by atoms with E-state index in [1.54, 1.807) is 29.2 Å². The van der Waals surface area contributed by atoms with Gasteiger partial charge in [0, 0.05) is 18.7 Å². The van der Waals surface area contributed by atoms with Crippen molar-refractivity contribution >= 4 is 17.6 Å². The first-order chi connectivity index (χ1) is 11.7. The van der Waals surface area contributed by atoms with Gasteiger partial charge in [0.25, 0.3) is 0 Å². The van der Waals surface area contributed by atoms with Gasteiger partial charge in [-0.05, 0) is 42.8 Å². The SMILES string of the molecule is O=C(OCCOc1ccccc1)c1ccc(N2CCCC2=O)cc1. The summed E-state index contributed by atoms with van der Waals surface area (Å²) >= 11 is 0. The normalized spacial score (nSPS) is 13.8. The number of anilines is 1. The zero-order chi connectivity index (χ0) is 16.8. The number of esters is 1. The van der Waals surface area contributed by atoms with Crippen LogP contribution in [0.25, 0.3) is 0 Å². The number of hydrogen-bond acceptors (Lipinski definition) is 4. The van der Waals surface area contributed by atoms with Gasteiger partial charge in [0.2, 0.25) is 5.91 Å². The summed E-state index contributed by atoms with van der Waals surface area (Å²) in [5.41, 5.74) is 1.28. The summed E-state index contributed by atoms with van der Waals surface area (Å²) in [6.45, 7) is 1.22. The summed E-state index contributed by atoms with van der Waals surface area (Å²) in [4.78, 5) is 25.4. The number of para-hydroxylation sites is 1. The van der Waals surface area contributed by atoms with Crippen LogP contribution in [0.3, 0.4) is 0 Å². The number of carbonyl (C=O) groups excluding carboxylic acids is 2. The third-order valence-corrected chi connectivity index (χ3v) is 3.82. The average Bonchev–Trinajstić information content (AvgIpc) is 3.05. The van der Waals surface area contributed by atoms with Crippen molar-refractivity contribution in [3.63, 3.8) is 0 Å². The lowest BCUT2D eigenvalue weighted by molar-refractivity contribution is -0.117. The molecule has 0 aromatic heterocycles. The molecule has 0 aliphatic carbocycles. The standard InChI is InChI=1S/C19H19NO4/c21-18-7-4-12-20(18)16-10-8-15(9-11-16)19(22)24-14-13-23-17-5-2-1-3-6-17/h1-3,5-6,8-11H,4,7,12-14H2. The first-order valence-electron chi connectivity index (χ1n) is 7.99. The summed E-state index contributed by atoms with van der Waals surface area (Å²) in [5, 5.41) is 0. The molecule has 2 aromatic rings. The first kappa shape index (κ1) is 16.1. The fourth-order valence-electron chi connectivity index (χ4n) is 2.59. The van der Waals surface area contributed by atoms with Crippen molar-refractivity contribution in [2.45, 2.75) is 12.8 Å². The summed E-state index contributed by atoms with van der Waals surface area (Å²) < 4.78 is 10.7. The molecule has 1 amide bonds. The van der Waals surface area contributed by atoms with Crippen molar-refractivity contribution in [3.05, 3.63) is 60.2 Å². The third kappa shape index (κ3) is 3.93. The van der Waals surface area contributed by atoms with E-state index in [0.717, 1.165) is 24.4 Å². The maximum absolute atomic E-state index is 12.0. The van der Waals surface area contributed by atoms with E-state index < -0.39 is 5.97 Å². The van der Waals surface area contributed by atoms with Crippen LogP contribution < -0.4 is 9.64 Å². The van der Waals surface area contributed by atoms with Gasteiger partial charge in [0.1, 0.15) is 19.0 Å². The van der Waals surface area contributed by atoms with Crippen LogP contribution in [0.15, 0.2) is 54.6 Å². The van der Waals surface area contributed by atoms with E-state index in [1.165, 1.54) is 0 Å². The summed E-state index contributed by atoms with van der Waals surface area (Å²) in [5.74, 6) is 0.475. The lowest BCUT2D eigenvalue weighted by Gasteiger charge is -2.15. The van der Waals surface area contributed by atoms with E-state index in [1.807, 2.05) is 30.3 Å². The fourth-order valence-corrected chi connectivity index (χ4v) is 2.59. The molecule has 0 unspecified atom stereocenters. The van der Waals surface area contributed by atoms with Crippen molar-refractivity contribution in [1.82, 2.24) is 0 Å². The molecule has 1 saturated heterocycles. The molecule has 3 rings (SSSR count). The van der Waals surface area contributed by atoms with Crippen LogP contribution >= 0.6 is 0 Å². The van der Waals surface area contributed by atoms with Crippen molar-refractivity contribution < 1.29 is 19.1 Å². The Bertz CT molecular complexity index is 697. The smallest absolute Gasteiger partial charge is 0.338 e. The van der Waals surface area contributed by atoms with Crippen LogP contribution in [0.5, 0.6) is 5.75 Å². The van der Waals surface area contributed by atoms with Crippen LogP contribution in [-0.2, 0) is 9.53 Å². The zero-order valence-electron chi connectivity index (χ0n) is 13.3. The lowest BCUT2D eigenvalue weighted by Crippen LogP contribution is -2.23. The van der Waals surface area contributed by atoms with Gasteiger partial charge in [0.05, 0.1) is 5.56 Å². The predicted molar refractivity (Wildman–Crippen MR) is 90.2 cm³/mol. The molecule has 2 aromatic carbocycles. The van der Waals surface area contributed by atoms with Gasteiger partial charge in [0.15, 0.2) is 0 Å². The van der Waals surface area contributed by atoms with Crippen LogP contribution in [0, 0.1) is 0 Å². The van der Waals surface area contributed by atoms with E-state index in [4.69, 9.17) is 9.47 Å². The molecule has 5 nitrogen and oxygen atoms in total. The van der Waals surface area contributed by atoms with Gasteiger partial charge in [-0.1, -0.05) is 18.2 Å². The summed E-state index contributed by atoms with van der Waals surface area (Å²) in [7, 11) is 0. The van der Waals surface area contributed by atoms with Gasteiger partial charge >= 0.3 is 5.97 Å². The number of amides is 1. The van der Waals surface area contributed by atoms with E-state index in [9.17, 15) is 9.59 Å². The van der Waals surface area contributed by atoms with E-state index in [0.29, 0.717) is 18.6 Å². The van der Waals surface area contributed by atoms with E-state index in [2.05, 4.69) is 0 Å². The minimum Gasteiger partial charge on any atom is -0.490 e. The van der Waals surface area contributed by atoms with Gasteiger partial charge < -0.3 is 14.4 Å². The molecule has 0 atom stereocenters. The minimum absolute atomic E-state index is 0.128. The number of hydrogen-bond donors (Lipinski definition) is 0. The largest absolute Gasteiger partial charge is 0.490 e.